The first-order valence-electron chi connectivity index (χ1n) is 11.9. The van der Waals surface area contributed by atoms with Crippen LogP contribution in [0.3, 0.4) is 0 Å². The van der Waals surface area contributed by atoms with Crippen molar-refractivity contribution in [3.63, 3.8) is 0 Å². The number of hydrogen-bond acceptors (Lipinski definition) is 7. The Kier molecular flexibility index (Phi) is 24.5. The lowest BCUT2D eigenvalue weighted by atomic mass is 10.1. The van der Waals surface area contributed by atoms with Crippen LogP contribution in [-0.2, 0) is 33.2 Å². The van der Waals surface area contributed by atoms with Gasteiger partial charge in [0.25, 0.3) is 0 Å². The maximum Gasteiger partial charge on any atom is 0.333 e. The zero-order chi connectivity index (χ0) is 22.8. The Labute approximate surface area is 189 Å². The Balaban J connectivity index is 3.05. The van der Waals surface area contributed by atoms with Crippen molar-refractivity contribution in [3.05, 3.63) is 12.2 Å². The summed E-state index contributed by atoms with van der Waals surface area (Å²) >= 11 is 0. The summed E-state index contributed by atoms with van der Waals surface area (Å²) in [5.41, 5.74) is 0.385. The molecular weight excluding hydrogens is 400 g/mol. The van der Waals surface area contributed by atoms with Gasteiger partial charge in [-0.1, -0.05) is 58.4 Å². The molecule has 0 saturated carbocycles. The van der Waals surface area contributed by atoms with Crippen LogP contribution in [0.25, 0.3) is 0 Å². The highest BCUT2D eigenvalue weighted by molar-refractivity contribution is 5.86. The molecule has 0 atom stereocenters. The molecule has 184 valence electrons. The van der Waals surface area contributed by atoms with Gasteiger partial charge in [-0.2, -0.15) is 0 Å². The van der Waals surface area contributed by atoms with Gasteiger partial charge in [0.05, 0.1) is 59.5 Å². The molecule has 0 unspecified atom stereocenters. The van der Waals surface area contributed by atoms with E-state index in [2.05, 4.69) is 13.5 Å². The predicted octanol–water partition coefficient (Wildman–Crippen LogP) is 4.33. The lowest BCUT2D eigenvalue weighted by Gasteiger charge is -2.08. The highest BCUT2D eigenvalue weighted by Crippen LogP contribution is 2.08. The zero-order valence-electron chi connectivity index (χ0n) is 20.0. The standard InChI is InChI=1S/C24H46O7/c1-4-5-6-7-8-9-10-11-12-26-13-14-27-15-16-28-17-18-29-19-20-30-21-22-31-24(25)23(2)3/h2,4-22H2,1,3H3. The minimum absolute atomic E-state index is 0.221. The smallest absolute Gasteiger partial charge is 0.333 e. The molecule has 0 aliphatic rings. The second kappa shape index (κ2) is 25.3. The van der Waals surface area contributed by atoms with Gasteiger partial charge >= 0.3 is 5.97 Å². The SMILES string of the molecule is C=C(C)C(=O)OCCOCCOCCOCCOCCOCCCCCCCCCC. The third-order valence-corrected chi connectivity index (χ3v) is 4.44. The monoisotopic (exact) mass is 446 g/mol. The van der Waals surface area contributed by atoms with Gasteiger partial charge in [-0.05, 0) is 13.3 Å². The second-order valence-electron chi connectivity index (χ2n) is 7.45. The maximum atomic E-state index is 11.1. The molecule has 7 nitrogen and oxygen atoms in total. The molecule has 0 aliphatic heterocycles. The van der Waals surface area contributed by atoms with Crippen LogP contribution in [0.5, 0.6) is 0 Å². The van der Waals surface area contributed by atoms with Gasteiger partial charge in [0.1, 0.15) is 6.61 Å². The van der Waals surface area contributed by atoms with Crippen molar-refractivity contribution >= 4 is 5.97 Å². The molecule has 0 amide bonds. The maximum absolute atomic E-state index is 11.1. The van der Waals surface area contributed by atoms with Crippen LogP contribution in [0.4, 0.5) is 0 Å². The molecule has 0 aromatic heterocycles. The summed E-state index contributed by atoms with van der Waals surface area (Å²) in [5, 5.41) is 0. The molecule has 0 aromatic rings. The van der Waals surface area contributed by atoms with Crippen LogP contribution in [0.2, 0.25) is 0 Å². The lowest BCUT2D eigenvalue weighted by Crippen LogP contribution is -2.15. The van der Waals surface area contributed by atoms with Crippen LogP contribution >= 0.6 is 0 Å². The first-order valence-corrected chi connectivity index (χ1v) is 11.9. The largest absolute Gasteiger partial charge is 0.460 e. The van der Waals surface area contributed by atoms with E-state index in [-0.39, 0.29) is 6.61 Å². The first-order chi connectivity index (χ1) is 15.2. The molecule has 0 aliphatic carbocycles. The molecule has 0 bridgehead atoms. The quantitative estimate of drug-likeness (QED) is 0.117. The molecule has 7 heteroatoms. The second-order valence-corrected chi connectivity index (χ2v) is 7.45. The van der Waals surface area contributed by atoms with E-state index in [1.54, 1.807) is 6.92 Å². The van der Waals surface area contributed by atoms with Crippen LogP contribution in [0.1, 0.15) is 65.2 Å². The van der Waals surface area contributed by atoms with Crippen LogP contribution in [0, 0.1) is 0 Å². The number of carbonyl (C=O) groups excluding carboxylic acids is 1. The van der Waals surface area contributed by atoms with Gasteiger partial charge in [0, 0.05) is 12.2 Å². The van der Waals surface area contributed by atoms with E-state index in [0.29, 0.717) is 65.0 Å². The van der Waals surface area contributed by atoms with Gasteiger partial charge in [-0.15, -0.1) is 0 Å². The minimum atomic E-state index is -0.396. The molecule has 0 rings (SSSR count). The van der Waals surface area contributed by atoms with Crippen molar-refractivity contribution in [2.24, 2.45) is 0 Å². The molecule has 0 heterocycles. The van der Waals surface area contributed by atoms with E-state index < -0.39 is 5.97 Å². The summed E-state index contributed by atoms with van der Waals surface area (Å²) in [7, 11) is 0. The van der Waals surface area contributed by atoms with E-state index in [9.17, 15) is 4.79 Å². The Hall–Kier alpha value is -0.990. The fourth-order valence-corrected chi connectivity index (χ4v) is 2.64. The summed E-state index contributed by atoms with van der Waals surface area (Å²) < 4.78 is 32.1. The Morgan fingerprint density at radius 1 is 0.548 bits per heavy atom. The topological polar surface area (TPSA) is 72.5 Å². The van der Waals surface area contributed by atoms with E-state index >= 15 is 0 Å². The first kappa shape index (κ1) is 30.0. The van der Waals surface area contributed by atoms with Crippen molar-refractivity contribution in [3.8, 4) is 0 Å². The van der Waals surface area contributed by atoms with Crippen molar-refractivity contribution < 1.29 is 33.2 Å². The minimum Gasteiger partial charge on any atom is -0.460 e. The molecule has 0 radical (unpaired) electrons. The number of ether oxygens (including phenoxy) is 6. The summed E-state index contributed by atoms with van der Waals surface area (Å²) in [4.78, 5) is 11.1. The fraction of sp³-hybridized carbons (Fsp3) is 0.875. The number of unbranched alkanes of at least 4 members (excludes halogenated alkanes) is 7. The number of rotatable bonds is 25. The van der Waals surface area contributed by atoms with Crippen molar-refractivity contribution in [2.75, 3.05) is 72.7 Å². The average Bonchev–Trinajstić information content (AvgIpc) is 2.76. The zero-order valence-corrected chi connectivity index (χ0v) is 20.0. The number of carbonyl (C=O) groups is 1. The van der Waals surface area contributed by atoms with Gasteiger partial charge in [0.2, 0.25) is 0 Å². The molecular formula is C24H46O7. The third kappa shape index (κ3) is 25.1. The Morgan fingerprint density at radius 3 is 1.32 bits per heavy atom. The molecule has 0 spiro atoms. The Bertz CT molecular complexity index is 401. The summed E-state index contributed by atoms with van der Waals surface area (Å²) in [6.07, 6.45) is 10.5. The molecule has 0 fully saturated rings. The summed E-state index contributed by atoms with van der Waals surface area (Å²) in [6, 6.07) is 0. The Morgan fingerprint density at radius 2 is 0.903 bits per heavy atom. The fourth-order valence-electron chi connectivity index (χ4n) is 2.64. The van der Waals surface area contributed by atoms with Gasteiger partial charge in [-0.25, -0.2) is 4.79 Å². The molecule has 31 heavy (non-hydrogen) atoms. The van der Waals surface area contributed by atoms with E-state index in [4.69, 9.17) is 28.4 Å². The normalized spacial score (nSPS) is 11.0. The van der Waals surface area contributed by atoms with Gasteiger partial charge < -0.3 is 28.4 Å². The molecule has 0 aromatic carbocycles. The number of hydrogen-bond donors (Lipinski definition) is 0. The van der Waals surface area contributed by atoms with E-state index in [1.165, 1.54) is 44.9 Å². The average molecular weight is 447 g/mol. The molecule has 0 saturated heterocycles. The van der Waals surface area contributed by atoms with Gasteiger partial charge in [-0.3, -0.25) is 0 Å². The summed E-state index contributed by atoms with van der Waals surface area (Å²) in [5.74, 6) is -0.396. The van der Waals surface area contributed by atoms with Crippen LogP contribution in [-0.4, -0.2) is 78.6 Å². The predicted molar refractivity (Wildman–Crippen MR) is 122 cm³/mol. The van der Waals surface area contributed by atoms with Crippen molar-refractivity contribution in [2.45, 2.75) is 65.2 Å². The van der Waals surface area contributed by atoms with Crippen molar-refractivity contribution in [1.82, 2.24) is 0 Å². The highest BCUT2D eigenvalue weighted by Gasteiger charge is 2.01. The summed E-state index contributed by atoms with van der Waals surface area (Å²) in [6.45, 7) is 13.1. The van der Waals surface area contributed by atoms with Gasteiger partial charge in [0.15, 0.2) is 0 Å². The van der Waals surface area contributed by atoms with Crippen molar-refractivity contribution in [1.29, 1.82) is 0 Å². The van der Waals surface area contributed by atoms with E-state index in [1.807, 2.05) is 0 Å². The lowest BCUT2D eigenvalue weighted by molar-refractivity contribution is -0.140. The number of esters is 1. The van der Waals surface area contributed by atoms with Crippen LogP contribution < -0.4 is 0 Å². The third-order valence-electron chi connectivity index (χ3n) is 4.44. The van der Waals surface area contributed by atoms with E-state index in [0.717, 1.165) is 13.0 Å². The van der Waals surface area contributed by atoms with Crippen LogP contribution in [0.15, 0.2) is 12.2 Å². The highest BCUT2D eigenvalue weighted by atomic mass is 16.6. The molecule has 0 N–H and O–H groups in total.